The van der Waals surface area contributed by atoms with Crippen molar-refractivity contribution in [3.63, 3.8) is 0 Å². The van der Waals surface area contributed by atoms with E-state index < -0.39 is 123 Å². The Hall–Kier alpha value is -1.39. The van der Waals surface area contributed by atoms with E-state index in [9.17, 15) is 55.9 Å². The SMILES string of the molecule is C=C1C[C@]23CC[C@H]4C(C)(C(=O)O[C@@H]5O[C@H](CO)[C@@H](O)[C@H](O[C@@H]6O[C@H](CO)[C@@H](O)[C@H](O)[C@H]6O)[C@H]5O[C@@H]5O[C@H](CO)[C@@H](O)[C@H](O)[C@H]5O)CCC[C@]4(C)[C@H]2CC[C@@H]1C3. The maximum Gasteiger partial charge on any atom is 0.314 e. The van der Waals surface area contributed by atoms with Gasteiger partial charge in [0.05, 0.1) is 25.2 Å². The summed E-state index contributed by atoms with van der Waals surface area (Å²) in [7, 11) is 0. The smallest absolute Gasteiger partial charge is 0.314 e. The molecule has 21 atom stereocenters. The molecule has 3 aliphatic heterocycles. The minimum atomic E-state index is -1.94. The van der Waals surface area contributed by atoms with E-state index in [1.54, 1.807) is 0 Å². The lowest BCUT2D eigenvalue weighted by Crippen LogP contribution is -2.67. The van der Waals surface area contributed by atoms with Crippen LogP contribution < -0.4 is 0 Å². The monoisotopic (exact) mass is 788 g/mol. The zero-order valence-electron chi connectivity index (χ0n) is 31.4. The first-order valence-corrected chi connectivity index (χ1v) is 19.8. The molecule has 17 nitrogen and oxygen atoms in total. The molecular weight excluding hydrogens is 728 g/mol. The minimum absolute atomic E-state index is 0.0592. The van der Waals surface area contributed by atoms with Gasteiger partial charge in [-0.1, -0.05) is 25.5 Å². The molecule has 3 saturated heterocycles. The number of hydrogen-bond donors (Lipinski definition) is 10. The molecule has 0 radical (unpaired) electrons. The Labute approximate surface area is 319 Å². The van der Waals surface area contributed by atoms with Crippen LogP contribution in [-0.2, 0) is 33.2 Å². The molecular formula is C38H60O17. The molecule has 7 aliphatic rings. The fourth-order valence-corrected chi connectivity index (χ4v) is 11.9. The van der Waals surface area contributed by atoms with Crippen LogP contribution >= 0.6 is 0 Å². The first-order chi connectivity index (χ1) is 26.0. The Kier molecular flexibility index (Phi) is 11.9. The van der Waals surface area contributed by atoms with Gasteiger partial charge in [0.1, 0.15) is 67.1 Å². The molecule has 1 spiro atoms. The fourth-order valence-electron chi connectivity index (χ4n) is 11.9. The molecule has 0 aromatic carbocycles. The molecule has 0 aromatic heterocycles. The lowest BCUT2D eigenvalue weighted by atomic mass is 9.41. The molecule has 4 saturated carbocycles. The highest BCUT2D eigenvalue weighted by Gasteiger charge is 2.66. The topological polar surface area (TPSA) is 275 Å². The van der Waals surface area contributed by atoms with E-state index in [4.69, 9.17) is 28.4 Å². The highest BCUT2D eigenvalue weighted by molar-refractivity contribution is 5.77. The largest absolute Gasteiger partial charge is 0.432 e. The molecule has 2 bridgehead atoms. The van der Waals surface area contributed by atoms with Crippen LogP contribution in [0.4, 0.5) is 0 Å². The first-order valence-electron chi connectivity index (χ1n) is 19.8. The third-order valence-electron chi connectivity index (χ3n) is 14.8. The van der Waals surface area contributed by atoms with E-state index in [0.29, 0.717) is 18.3 Å². The van der Waals surface area contributed by atoms with Crippen LogP contribution in [0.15, 0.2) is 12.2 Å². The van der Waals surface area contributed by atoms with E-state index >= 15 is 0 Å². The van der Waals surface area contributed by atoms with E-state index in [-0.39, 0.29) is 16.7 Å². The molecule has 1 unspecified atom stereocenters. The zero-order valence-corrected chi connectivity index (χ0v) is 31.4. The number of rotatable bonds is 9. The van der Waals surface area contributed by atoms with Crippen molar-refractivity contribution >= 4 is 5.97 Å². The van der Waals surface area contributed by atoms with Crippen LogP contribution in [-0.4, -0.2) is 169 Å². The predicted molar refractivity (Wildman–Crippen MR) is 185 cm³/mol. The first kappa shape index (κ1) is 41.8. The Balaban J connectivity index is 1.20. The van der Waals surface area contributed by atoms with Crippen molar-refractivity contribution in [2.75, 3.05) is 19.8 Å². The number of aliphatic hydroxyl groups is 10. The fraction of sp³-hybridized carbons (Fsp3) is 0.921. The number of hydrogen-bond acceptors (Lipinski definition) is 17. The average Bonchev–Trinajstić information content (AvgIpc) is 3.39. The van der Waals surface area contributed by atoms with Crippen LogP contribution in [0.2, 0.25) is 0 Å². The van der Waals surface area contributed by atoms with Crippen molar-refractivity contribution in [3.05, 3.63) is 12.2 Å². The quantitative estimate of drug-likeness (QED) is 0.0889. The van der Waals surface area contributed by atoms with Crippen LogP contribution in [0, 0.1) is 34.0 Å². The molecule has 3 heterocycles. The summed E-state index contributed by atoms with van der Waals surface area (Å²) in [6.07, 6.45) is -17.9. The Morgan fingerprint density at radius 3 is 1.80 bits per heavy atom. The van der Waals surface area contributed by atoms with E-state index in [1.807, 2.05) is 6.92 Å². The summed E-state index contributed by atoms with van der Waals surface area (Å²) in [5, 5.41) is 105. The molecule has 314 valence electrons. The number of aliphatic hydroxyl groups excluding tert-OH is 10. The maximum absolute atomic E-state index is 14.8. The summed E-state index contributed by atoms with van der Waals surface area (Å²) in [5.74, 6) is 0.264. The minimum Gasteiger partial charge on any atom is -0.432 e. The molecule has 0 aromatic rings. The van der Waals surface area contributed by atoms with Gasteiger partial charge in [-0.2, -0.15) is 0 Å². The second-order valence-electron chi connectivity index (χ2n) is 17.8. The Morgan fingerprint density at radius 2 is 1.22 bits per heavy atom. The van der Waals surface area contributed by atoms with E-state index in [0.717, 1.165) is 51.4 Å². The van der Waals surface area contributed by atoms with Gasteiger partial charge in [-0.05, 0) is 86.9 Å². The molecule has 10 N–H and O–H groups in total. The zero-order chi connectivity index (χ0) is 39.8. The predicted octanol–water partition coefficient (Wildman–Crippen LogP) is -2.05. The van der Waals surface area contributed by atoms with Crippen molar-refractivity contribution in [2.24, 2.45) is 34.0 Å². The summed E-state index contributed by atoms with van der Waals surface area (Å²) < 4.78 is 35.4. The number of fused-ring (bicyclic) bond motifs is 3. The highest BCUT2D eigenvalue weighted by Crippen LogP contribution is 2.72. The van der Waals surface area contributed by atoms with Crippen molar-refractivity contribution in [2.45, 2.75) is 164 Å². The number of esters is 1. The van der Waals surface area contributed by atoms with Gasteiger partial charge in [0.15, 0.2) is 18.7 Å². The van der Waals surface area contributed by atoms with Crippen molar-refractivity contribution < 1.29 is 84.3 Å². The van der Waals surface area contributed by atoms with E-state index in [2.05, 4.69) is 13.5 Å². The Morgan fingerprint density at radius 1 is 0.673 bits per heavy atom. The lowest BCUT2D eigenvalue weighted by Gasteiger charge is -2.63. The van der Waals surface area contributed by atoms with Crippen molar-refractivity contribution in [1.82, 2.24) is 0 Å². The lowest BCUT2D eigenvalue weighted by molar-refractivity contribution is -0.388. The second-order valence-corrected chi connectivity index (χ2v) is 17.8. The molecule has 55 heavy (non-hydrogen) atoms. The van der Waals surface area contributed by atoms with Gasteiger partial charge in [-0.15, -0.1) is 0 Å². The molecule has 7 fully saturated rings. The van der Waals surface area contributed by atoms with Crippen LogP contribution in [0.5, 0.6) is 0 Å². The third kappa shape index (κ3) is 6.91. The number of ether oxygens (including phenoxy) is 6. The summed E-state index contributed by atoms with van der Waals surface area (Å²) in [4.78, 5) is 14.8. The van der Waals surface area contributed by atoms with Gasteiger partial charge in [0.2, 0.25) is 6.29 Å². The van der Waals surface area contributed by atoms with Gasteiger partial charge in [-0.3, -0.25) is 4.79 Å². The maximum atomic E-state index is 14.8. The Bertz CT molecular complexity index is 1400. The molecule has 0 amide bonds. The van der Waals surface area contributed by atoms with Gasteiger partial charge in [0.25, 0.3) is 0 Å². The molecule has 4 aliphatic carbocycles. The van der Waals surface area contributed by atoms with Gasteiger partial charge < -0.3 is 79.5 Å². The number of carbonyl (C=O) groups is 1. The van der Waals surface area contributed by atoms with Crippen molar-refractivity contribution in [1.29, 1.82) is 0 Å². The standard InChI is InChI=1S/C38H60O17/c1-16-11-38-10-7-21-36(2,22(38)6-5-17(16)12-38)8-4-9-37(21,3)35(49)55-34-31(54-33-29(48)27(46)24(43)19(14-40)51-33)30(25(44)20(15-41)52-34)53-32-28(47)26(45)23(42)18(13-39)50-32/h17-34,39-48H,1,4-15H2,2-3H3/t17-,18-,19-,20-,21-,22-,23-,24-,25-,26+,27+,28-,29-,30+,31-,32+,33+,34+,36+,37?,38+/m1/s1. The summed E-state index contributed by atoms with van der Waals surface area (Å²) in [6.45, 7) is 6.22. The van der Waals surface area contributed by atoms with Crippen molar-refractivity contribution in [3.8, 4) is 0 Å². The highest BCUT2D eigenvalue weighted by atomic mass is 16.8. The van der Waals surface area contributed by atoms with Crippen LogP contribution in [0.1, 0.15) is 71.6 Å². The van der Waals surface area contributed by atoms with Gasteiger partial charge in [-0.25, -0.2) is 0 Å². The van der Waals surface area contributed by atoms with E-state index in [1.165, 1.54) is 5.57 Å². The van der Waals surface area contributed by atoms with Crippen LogP contribution in [0.25, 0.3) is 0 Å². The van der Waals surface area contributed by atoms with Gasteiger partial charge >= 0.3 is 5.97 Å². The molecule has 7 rings (SSSR count). The summed E-state index contributed by atoms with van der Waals surface area (Å²) in [5.41, 5.74) is 0.335. The third-order valence-corrected chi connectivity index (χ3v) is 14.8. The van der Waals surface area contributed by atoms with Crippen LogP contribution in [0.3, 0.4) is 0 Å². The summed E-state index contributed by atoms with van der Waals surface area (Å²) >= 11 is 0. The molecule has 17 heteroatoms. The normalized spacial score (nSPS) is 54.0. The average molecular weight is 789 g/mol. The second kappa shape index (κ2) is 15.7. The van der Waals surface area contributed by atoms with Gasteiger partial charge in [0, 0.05) is 0 Å². The number of carbonyl (C=O) groups excluding carboxylic acids is 1. The summed E-state index contributed by atoms with van der Waals surface area (Å²) in [6, 6.07) is 0. The number of allylic oxidation sites excluding steroid dienone is 1.